The summed E-state index contributed by atoms with van der Waals surface area (Å²) in [6, 6.07) is 0. The van der Waals surface area contributed by atoms with Gasteiger partial charge >= 0.3 is 0 Å². The van der Waals surface area contributed by atoms with Crippen LogP contribution in [0.4, 0.5) is 0 Å². The third-order valence-corrected chi connectivity index (χ3v) is 3.33. The summed E-state index contributed by atoms with van der Waals surface area (Å²) >= 11 is 12.3. The predicted molar refractivity (Wildman–Crippen MR) is 64.9 cm³/mol. The van der Waals surface area contributed by atoms with E-state index in [0.29, 0.717) is 11.0 Å². The molecule has 1 heterocycles. The van der Waals surface area contributed by atoms with Crippen molar-refractivity contribution in [2.75, 3.05) is 13.6 Å². The highest BCUT2D eigenvalue weighted by Gasteiger charge is 2.03. The Bertz CT molecular complexity index is 313. The van der Waals surface area contributed by atoms with Gasteiger partial charge in [-0.3, -0.25) is 0 Å². The fraction of sp³-hybridized carbons (Fsp3) is 0.500. The van der Waals surface area contributed by atoms with Crippen molar-refractivity contribution < 1.29 is 0 Å². The SMILES string of the molecule is CCN(C)C(=S)NCc1cnc(Cl)s1. The number of nitrogens with zero attached hydrogens (tertiary/aromatic N) is 2. The first-order valence-corrected chi connectivity index (χ1v) is 5.83. The number of nitrogens with one attached hydrogen (secondary N) is 1. The fourth-order valence-electron chi connectivity index (χ4n) is 0.807. The molecule has 1 rings (SSSR count). The Hall–Kier alpha value is -0.390. The molecule has 0 unspecified atom stereocenters. The zero-order valence-corrected chi connectivity index (χ0v) is 10.5. The van der Waals surface area contributed by atoms with Gasteiger partial charge in [-0.15, -0.1) is 11.3 Å². The maximum absolute atomic E-state index is 5.70. The van der Waals surface area contributed by atoms with E-state index in [9.17, 15) is 0 Å². The van der Waals surface area contributed by atoms with Gasteiger partial charge in [0, 0.05) is 24.7 Å². The Labute approximate surface area is 98.1 Å². The van der Waals surface area contributed by atoms with Crippen LogP contribution in [0.25, 0.3) is 0 Å². The van der Waals surface area contributed by atoms with Crippen molar-refractivity contribution in [1.82, 2.24) is 15.2 Å². The number of hydrogen-bond acceptors (Lipinski definition) is 3. The van der Waals surface area contributed by atoms with Gasteiger partial charge in [0.05, 0.1) is 6.54 Å². The zero-order valence-electron chi connectivity index (χ0n) is 8.08. The summed E-state index contributed by atoms with van der Waals surface area (Å²) < 4.78 is 0.566. The van der Waals surface area contributed by atoms with E-state index >= 15 is 0 Å². The van der Waals surface area contributed by atoms with Gasteiger partial charge in [-0.2, -0.15) is 0 Å². The molecule has 0 aromatic carbocycles. The van der Waals surface area contributed by atoms with Gasteiger partial charge in [-0.1, -0.05) is 11.6 Å². The molecule has 0 amide bonds. The monoisotopic (exact) mass is 249 g/mol. The molecule has 0 aliphatic carbocycles. The molecular formula is C8H12ClN3S2. The maximum Gasteiger partial charge on any atom is 0.183 e. The largest absolute Gasteiger partial charge is 0.358 e. The third-order valence-electron chi connectivity index (χ3n) is 1.76. The normalized spacial score (nSPS) is 9.93. The molecule has 1 aromatic rings. The van der Waals surface area contributed by atoms with Crippen molar-refractivity contribution in [2.45, 2.75) is 13.5 Å². The number of thiazole rings is 1. The first kappa shape index (κ1) is 11.7. The summed E-state index contributed by atoms with van der Waals surface area (Å²) in [5, 5.41) is 3.88. The van der Waals surface area contributed by atoms with E-state index in [-0.39, 0.29) is 0 Å². The van der Waals surface area contributed by atoms with Crippen LogP contribution in [0, 0.1) is 0 Å². The Morgan fingerprint density at radius 1 is 1.79 bits per heavy atom. The Morgan fingerprint density at radius 2 is 2.50 bits per heavy atom. The molecule has 78 valence electrons. The molecule has 0 aliphatic rings. The Balaban J connectivity index is 2.37. The van der Waals surface area contributed by atoms with E-state index in [2.05, 4.69) is 17.2 Å². The van der Waals surface area contributed by atoms with Gasteiger partial charge in [0.1, 0.15) is 0 Å². The standard InChI is InChI=1S/C8H12ClN3S2/c1-3-12(2)8(13)11-5-6-4-10-7(9)14-6/h4H,3,5H2,1-2H3,(H,11,13). The van der Waals surface area contributed by atoms with Crippen LogP contribution in [-0.2, 0) is 6.54 Å². The Morgan fingerprint density at radius 3 is 3.00 bits per heavy atom. The van der Waals surface area contributed by atoms with Gasteiger partial charge in [-0.25, -0.2) is 4.98 Å². The second-order valence-corrected chi connectivity index (χ2v) is 4.84. The van der Waals surface area contributed by atoms with E-state index in [0.717, 1.165) is 16.5 Å². The van der Waals surface area contributed by atoms with Crippen molar-refractivity contribution in [2.24, 2.45) is 0 Å². The molecule has 0 saturated carbocycles. The smallest absolute Gasteiger partial charge is 0.183 e. The highest BCUT2D eigenvalue weighted by atomic mass is 35.5. The second kappa shape index (κ2) is 5.48. The van der Waals surface area contributed by atoms with E-state index in [1.165, 1.54) is 11.3 Å². The average molecular weight is 250 g/mol. The molecule has 6 heteroatoms. The lowest BCUT2D eigenvalue weighted by molar-refractivity contribution is 0.522. The van der Waals surface area contributed by atoms with Gasteiger partial charge in [-0.05, 0) is 19.1 Å². The van der Waals surface area contributed by atoms with Gasteiger partial charge in [0.25, 0.3) is 0 Å². The van der Waals surface area contributed by atoms with Crippen LogP contribution in [0.5, 0.6) is 0 Å². The minimum atomic E-state index is 0.566. The molecule has 0 fully saturated rings. The molecule has 0 aliphatic heterocycles. The summed E-state index contributed by atoms with van der Waals surface area (Å²) in [5.41, 5.74) is 0. The molecule has 0 spiro atoms. The zero-order chi connectivity index (χ0) is 10.6. The highest BCUT2D eigenvalue weighted by molar-refractivity contribution is 7.80. The van der Waals surface area contributed by atoms with Gasteiger partial charge < -0.3 is 10.2 Å². The Kier molecular flexibility index (Phi) is 4.57. The molecule has 0 saturated heterocycles. The third kappa shape index (κ3) is 3.40. The lowest BCUT2D eigenvalue weighted by Crippen LogP contribution is -2.36. The van der Waals surface area contributed by atoms with Crippen molar-refractivity contribution in [3.63, 3.8) is 0 Å². The second-order valence-electron chi connectivity index (χ2n) is 2.75. The van der Waals surface area contributed by atoms with Crippen LogP contribution < -0.4 is 5.32 Å². The summed E-state index contributed by atoms with van der Waals surface area (Å²) in [7, 11) is 1.95. The fourth-order valence-corrected chi connectivity index (χ4v) is 1.93. The number of thiocarbonyl (C=S) groups is 1. The lowest BCUT2D eigenvalue weighted by atomic mass is 10.5. The van der Waals surface area contributed by atoms with Crippen LogP contribution in [0.2, 0.25) is 4.47 Å². The summed E-state index contributed by atoms with van der Waals surface area (Å²) in [6.45, 7) is 3.64. The predicted octanol–water partition coefficient (Wildman–Crippen LogP) is 2.12. The van der Waals surface area contributed by atoms with Crippen LogP contribution in [0.1, 0.15) is 11.8 Å². The summed E-state index contributed by atoms with van der Waals surface area (Å²) in [5.74, 6) is 0. The van der Waals surface area contributed by atoms with Gasteiger partial charge in [0.15, 0.2) is 9.58 Å². The molecule has 0 atom stereocenters. The first-order valence-electron chi connectivity index (χ1n) is 4.22. The van der Waals surface area contributed by atoms with E-state index in [4.69, 9.17) is 23.8 Å². The molecule has 3 nitrogen and oxygen atoms in total. The quantitative estimate of drug-likeness (QED) is 0.831. The van der Waals surface area contributed by atoms with Crippen LogP contribution in [-0.4, -0.2) is 28.6 Å². The number of hydrogen-bond donors (Lipinski definition) is 1. The van der Waals surface area contributed by atoms with E-state index in [1.807, 2.05) is 11.9 Å². The average Bonchev–Trinajstić information content (AvgIpc) is 2.59. The van der Waals surface area contributed by atoms with Gasteiger partial charge in [0.2, 0.25) is 0 Å². The number of rotatable bonds is 3. The molecule has 0 radical (unpaired) electrons. The van der Waals surface area contributed by atoms with Crippen LogP contribution >= 0.6 is 35.2 Å². The summed E-state index contributed by atoms with van der Waals surface area (Å²) in [4.78, 5) is 7.00. The van der Waals surface area contributed by atoms with Crippen molar-refractivity contribution in [3.8, 4) is 0 Å². The minimum Gasteiger partial charge on any atom is -0.358 e. The minimum absolute atomic E-state index is 0.566. The van der Waals surface area contributed by atoms with E-state index in [1.54, 1.807) is 6.20 Å². The lowest BCUT2D eigenvalue weighted by Gasteiger charge is -2.18. The number of halogens is 1. The molecule has 14 heavy (non-hydrogen) atoms. The molecule has 1 aromatic heterocycles. The van der Waals surface area contributed by atoms with Crippen molar-refractivity contribution >= 4 is 40.3 Å². The van der Waals surface area contributed by atoms with Crippen LogP contribution in [0.3, 0.4) is 0 Å². The number of aromatic nitrogens is 1. The van der Waals surface area contributed by atoms with Crippen molar-refractivity contribution in [1.29, 1.82) is 0 Å². The highest BCUT2D eigenvalue weighted by Crippen LogP contribution is 2.17. The van der Waals surface area contributed by atoms with Crippen molar-refractivity contribution in [3.05, 3.63) is 15.5 Å². The topological polar surface area (TPSA) is 28.2 Å². The maximum atomic E-state index is 5.70. The molecule has 0 bridgehead atoms. The van der Waals surface area contributed by atoms with E-state index < -0.39 is 0 Å². The first-order chi connectivity index (χ1) is 6.63. The molecule has 1 N–H and O–H groups in total. The summed E-state index contributed by atoms with van der Waals surface area (Å²) in [6.07, 6.45) is 1.76. The molecular weight excluding hydrogens is 238 g/mol. The van der Waals surface area contributed by atoms with Crippen LogP contribution in [0.15, 0.2) is 6.20 Å².